The van der Waals surface area contributed by atoms with Crippen LogP contribution in [0.4, 0.5) is 0 Å². The molecular formula is C13H21NS2. The second-order valence-corrected chi connectivity index (χ2v) is 6.57. The summed E-state index contributed by atoms with van der Waals surface area (Å²) in [5.41, 5.74) is 1.51. The van der Waals surface area contributed by atoms with Gasteiger partial charge in [0.2, 0.25) is 0 Å². The van der Waals surface area contributed by atoms with Crippen LogP contribution in [0.2, 0.25) is 0 Å². The quantitative estimate of drug-likeness (QED) is 0.834. The Labute approximate surface area is 107 Å². The van der Waals surface area contributed by atoms with Crippen molar-refractivity contribution in [3.8, 4) is 0 Å². The molecule has 1 aromatic heterocycles. The lowest BCUT2D eigenvalue weighted by Crippen LogP contribution is -2.39. The first-order valence-corrected chi connectivity index (χ1v) is 8.25. The molecule has 0 radical (unpaired) electrons. The summed E-state index contributed by atoms with van der Waals surface area (Å²) in [7, 11) is 0. The molecule has 0 amide bonds. The highest BCUT2D eigenvalue weighted by Crippen LogP contribution is 2.30. The van der Waals surface area contributed by atoms with Gasteiger partial charge in [0.15, 0.2) is 0 Å². The van der Waals surface area contributed by atoms with Crippen LogP contribution in [-0.2, 0) is 6.42 Å². The predicted octanol–water partition coefficient (Wildman–Crippen LogP) is 3.55. The first kappa shape index (κ1) is 12.5. The van der Waals surface area contributed by atoms with Gasteiger partial charge in [-0.1, -0.05) is 6.92 Å². The maximum atomic E-state index is 3.73. The summed E-state index contributed by atoms with van der Waals surface area (Å²) in [4.78, 5) is 0. The van der Waals surface area contributed by atoms with Crippen LogP contribution in [0.5, 0.6) is 0 Å². The fraction of sp³-hybridized carbons (Fsp3) is 0.692. The van der Waals surface area contributed by atoms with Crippen molar-refractivity contribution < 1.29 is 0 Å². The van der Waals surface area contributed by atoms with E-state index in [0.717, 1.165) is 11.8 Å². The van der Waals surface area contributed by atoms with Crippen molar-refractivity contribution in [3.63, 3.8) is 0 Å². The van der Waals surface area contributed by atoms with Crippen molar-refractivity contribution in [1.29, 1.82) is 0 Å². The van der Waals surface area contributed by atoms with E-state index in [1.54, 1.807) is 0 Å². The molecule has 0 bridgehead atoms. The monoisotopic (exact) mass is 255 g/mol. The highest BCUT2D eigenvalue weighted by molar-refractivity contribution is 8.00. The van der Waals surface area contributed by atoms with Crippen molar-refractivity contribution in [2.45, 2.75) is 43.9 Å². The second-order valence-electron chi connectivity index (χ2n) is 4.45. The fourth-order valence-corrected chi connectivity index (χ4v) is 4.32. The lowest BCUT2D eigenvalue weighted by Gasteiger charge is -2.23. The topological polar surface area (TPSA) is 12.0 Å². The molecule has 1 N–H and O–H groups in total. The molecule has 2 heterocycles. The van der Waals surface area contributed by atoms with Gasteiger partial charge in [0.25, 0.3) is 0 Å². The van der Waals surface area contributed by atoms with Gasteiger partial charge in [-0.2, -0.15) is 23.1 Å². The van der Waals surface area contributed by atoms with Gasteiger partial charge in [0.05, 0.1) is 0 Å². The lowest BCUT2D eigenvalue weighted by atomic mass is 10.0. The Morgan fingerprint density at radius 3 is 3.12 bits per heavy atom. The lowest BCUT2D eigenvalue weighted by molar-refractivity contribution is 0.482. The van der Waals surface area contributed by atoms with Crippen LogP contribution in [0.1, 0.15) is 31.7 Å². The zero-order valence-corrected chi connectivity index (χ0v) is 11.6. The van der Waals surface area contributed by atoms with E-state index in [9.17, 15) is 0 Å². The van der Waals surface area contributed by atoms with Gasteiger partial charge >= 0.3 is 0 Å². The smallest absolute Gasteiger partial charge is 0.0227 e. The van der Waals surface area contributed by atoms with Gasteiger partial charge in [0, 0.05) is 11.3 Å². The molecule has 2 rings (SSSR count). The van der Waals surface area contributed by atoms with Crippen LogP contribution in [0.3, 0.4) is 0 Å². The standard InChI is InChI=1S/C13H21NS2/c1-2-6-14-12(13-4-3-7-16-13)9-11-5-8-15-10-11/h5,8,10,12-14H,2-4,6-7,9H2,1H3. The van der Waals surface area contributed by atoms with E-state index in [2.05, 4.69) is 40.8 Å². The van der Waals surface area contributed by atoms with Gasteiger partial charge in [0.1, 0.15) is 0 Å². The average Bonchev–Trinajstić information content (AvgIpc) is 2.96. The molecule has 1 aliphatic heterocycles. The van der Waals surface area contributed by atoms with Crippen LogP contribution in [-0.4, -0.2) is 23.6 Å². The Morgan fingerprint density at radius 2 is 2.50 bits per heavy atom. The van der Waals surface area contributed by atoms with Gasteiger partial charge < -0.3 is 5.32 Å². The van der Waals surface area contributed by atoms with Crippen LogP contribution >= 0.6 is 23.1 Å². The summed E-state index contributed by atoms with van der Waals surface area (Å²) in [5, 5.41) is 9.05. The fourth-order valence-electron chi connectivity index (χ4n) is 2.25. The van der Waals surface area contributed by atoms with E-state index in [0.29, 0.717) is 6.04 Å². The molecule has 1 saturated heterocycles. The van der Waals surface area contributed by atoms with Crippen molar-refractivity contribution in [2.75, 3.05) is 12.3 Å². The van der Waals surface area contributed by atoms with Crippen molar-refractivity contribution in [1.82, 2.24) is 5.32 Å². The molecular weight excluding hydrogens is 234 g/mol. The van der Waals surface area contributed by atoms with Gasteiger partial charge in [-0.15, -0.1) is 0 Å². The number of thioether (sulfide) groups is 1. The molecule has 0 spiro atoms. The molecule has 3 heteroatoms. The molecule has 0 saturated carbocycles. The minimum Gasteiger partial charge on any atom is -0.313 e. The van der Waals surface area contributed by atoms with E-state index < -0.39 is 0 Å². The van der Waals surface area contributed by atoms with Crippen LogP contribution in [0.15, 0.2) is 16.8 Å². The van der Waals surface area contributed by atoms with Gasteiger partial charge in [-0.3, -0.25) is 0 Å². The Bertz CT molecular complexity index is 278. The molecule has 2 unspecified atom stereocenters. The maximum absolute atomic E-state index is 3.73. The molecule has 2 atom stereocenters. The Hall–Kier alpha value is 0.01000. The van der Waals surface area contributed by atoms with E-state index in [1.807, 2.05) is 11.3 Å². The number of thiophene rings is 1. The van der Waals surface area contributed by atoms with Crippen molar-refractivity contribution in [2.24, 2.45) is 0 Å². The first-order valence-electron chi connectivity index (χ1n) is 6.26. The SMILES string of the molecule is CCCNC(Cc1ccsc1)C1CCCS1. The number of rotatable bonds is 6. The maximum Gasteiger partial charge on any atom is 0.0227 e. The van der Waals surface area contributed by atoms with Crippen molar-refractivity contribution in [3.05, 3.63) is 22.4 Å². The minimum atomic E-state index is 0.682. The van der Waals surface area contributed by atoms with Gasteiger partial charge in [-0.25, -0.2) is 0 Å². The summed E-state index contributed by atoms with van der Waals surface area (Å²) in [6.07, 6.45) is 5.25. The zero-order chi connectivity index (χ0) is 11.2. The highest BCUT2D eigenvalue weighted by Gasteiger charge is 2.25. The minimum absolute atomic E-state index is 0.682. The van der Waals surface area contributed by atoms with E-state index in [-0.39, 0.29) is 0 Å². The third-order valence-corrected chi connectivity index (χ3v) is 5.35. The molecule has 1 aromatic rings. The molecule has 0 aromatic carbocycles. The summed E-state index contributed by atoms with van der Waals surface area (Å²) in [6.45, 7) is 3.41. The predicted molar refractivity (Wildman–Crippen MR) is 75.6 cm³/mol. The normalized spacial score (nSPS) is 22.4. The third kappa shape index (κ3) is 3.51. The van der Waals surface area contributed by atoms with Crippen LogP contribution in [0, 0.1) is 0 Å². The summed E-state index contributed by atoms with van der Waals surface area (Å²) in [6, 6.07) is 2.95. The summed E-state index contributed by atoms with van der Waals surface area (Å²) < 4.78 is 0. The Kier molecular flexibility index (Phi) is 5.20. The molecule has 1 aliphatic rings. The zero-order valence-electron chi connectivity index (χ0n) is 9.95. The second kappa shape index (κ2) is 6.67. The van der Waals surface area contributed by atoms with Gasteiger partial charge in [-0.05, 0) is 60.4 Å². The first-order chi connectivity index (χ1) is 7.90. The van der Waals surface area contributed by atoms with Crippen LogP contribution < -0.4 is 5.32 Å². The number of hydrogen-bond acceptors (Lipinski definition) is 3. The van der Waals surface area contributed by atoms with E-state index in [4.69, 9.17) is 0 Å². The molecule has 90 valence electrons. The molecule has 0 aliphatic carbocycles. The number of nitrogens with one attached hydrogen (secondary N) is 1. The Balaban J connectivity index is 1.90. The van der Waals surface area contributed by atoms with E-state index in [1.165, 1.54) is 37.0 Å². The molecule has 1 nitrogen and oxygen atoms in total. The average molecular weight is 255 g/mol. The third-order valence-electron chi connectivity index (χ3n) is 3.11. The van der Waals surface area contributed by atoms with Crippen LogP contribution in [0.25, 0.3) is 0 Å². The molecule has 1 fully saturated rings. The van der Waals surface area contributed by atoms with Crippen molar-refractivity contribution >= 4 is 23.1 Å². The number of hydrogen-bond donors (Lipinski definition) is 1. The molecule has 16 heavy (non-hydrogen) atoms. The Morgan fingerprint density at radius 1 is 1.56 bits per heavy atom. The van der Waals surface area contributed by atoms with E-state index >= 15 is 0 Å². The summed E-state index contributed by atoms with van der Waals surface area (Å²) in [5.74, 6) is 1.36. The summed E-state index contributed by atoms with van der Waals surface area (Å²) >= 11 is 3.98. The highest BCUT2D eigenvalue weighted by atomic mass is 32.2. The largest absolute Gasteiger partial charge is 0.313 e.